The van der Waals surface area contributed by atoms with Crippen LogP contribution in [0.4, 0.5) is 0 Å². The average molecular weight is 263 g/mol. The fourth-order valence-corrected chi connectivity index (χ4v) is 1.66. The molecule has 0 aliphatic carbocycles. The second-order valence-corrected chi connectivity index (χ2v) is 4.16. The zero-order valence-electron chi connectivity index (χ0n) is 11.5. The van der Waals surface area contributed by atoms with Crippen LogP contribution in [0.2, 0.25) is 0 Å². The van der Waals surface area contributed by atoms with E-state index >= 15 is 0 Å². The number of aliphatic hydroxyl groups excluding tert-OH is 1. The molecule has 0 spiro atoms. The Hall–Kier alpha value is -1.81. The van der Waals surface area contributed by atoms with E-state index in [1.807, 2.05) is 37.3 Å². The Morgan fingerprint density at radius 1 is 1.42 bits per heavy atom. The molecule has 19 heavy (non-hydrogen) atoms. The second kappa shape index (κ2) is 8.32. The van der Waals surface area contributed by atoms with Crippen LogP contribution in [0.25, 0.3) is 0 Å². The molecule has 104 valence electrons. The van der Waals surface area contributed by atoms with Crippen molar-refractivity contribution in [3.05, 3.63) is 41.5 Å². The van der Waals surface area contributed by atoms with E-state index < -0.39 is 0 Å². The minimum absolute atomic E-state index is 0.0287. The first-order valence-electron chi connectivity index (χ1n) is 6.45. The van der Waals surface area contributed by atoms with E-state index in [0.29, 0.717) is 12.3 Å². The minimum Gasteiger partial charge on any atom is -0.491 e. The van der Waals surface area contributed by atoms with Crippen molar-refractivity contribution in [1.29, 1.82) is 0 Å². The van der Waals surface area contributed by atoms with Gasteiger partial charge >= 0.3 is 0 Å². The van der Waals surface area contributed by atoms with Crippen LogP contribution < -0.4 is 10.1 Å². The number of hydrogen-bond donors (Lipinski definition) is 2. The zero-order chi connectivity index (χ0) is 14.1. The lowest BCUT2D eigenvalue weighted by atomic mass is 10.2. The number of carbonyl (C=O) groups excluding carboxylic acids is 1. The third-order valence-corrected chi connectivity index (χ3v) is 2.63. The molecule has 4 heteroatoms. The Kier molecular flexibility index (Phi) is 6.68. The molecule has 0 heterocycles. The van der Waals surface area contributed by atoms with Crippen molar-refractivity contribution in [3.63, 3.8) is 0 Å². The lowest BCUT2D eigenvalue weighted by Gasteiger charge is -2.11. The van der Waals surface area contributed by atoms with Crippen LogP contribution in [0, 0.1) is 0 Å². The van der Waals surface area contributed by atoms with Crippen LogP contribution in [0.1, 0.15) is 25.8 Å². The van der Waals surface area contributed by atoms with Gasteiger partial charge in [0.25, 0.3) is 0 Å². The summed E-state index contributed by atoms with van der Waals surface area (Å²) in [5.41, 5.74) is 1.62. The van der Waals surface area contributed by atoms with Gasteiger partial charge in [-0.05, 0) is 19.4 Å². The fraction of sp³-hybridized carbons (Fsp3) is 0.400. The number of benzene rings is 1. The number of carbonyl (C=O) groups is 1. The third-order valence-electron chi connectivity index (χ3n) is 2.63. The lowest BCUT2D eigenvalue weighted by Crippen LogP contribution is -2.23. The largest absolute Gasteiger partial charge is 0.491 e. The molecule has 4 nitrogen and oxygen atoms in total. The maximum Gasteiger partial charge on any atom is 0.246 e. The predicted octanol–water partition coefficient (Wildman–Crippen LogP) is 2.03. The summed E-state index contributed by atoms with van der Waals surface area (Å²) in [6.45, 7) is 4.43. The summed E-state index contributed by atoms with van der Waals surface area (Å²) in [5, 5.41) is 11.6. The van der Waals surface area contributed by atoms with E-state index in [2.05, 4.69) is 5.32 Å². The summed E-state index contributed by atoms with van der Waals surface area (Å²) in [5.74, 6) is 0.618. The first kappa shape index (κ1) is 15.2. The molecule has 2 N–H and O–H groups in total. The quantitative estimate of drug-likeness (QED) is 0.740. The van der Waals surface area contributed by atoms with Crippen molar-refractivity contribution >= 4 is 5.91 Å². The van der Waals surface area contributed by atoms with Crippen LogP contribution >= 0.6 is 0 Å². The maximum absolute atomic E-state index is 11.8. The van der Waals surface area contributed by atoms with Gasteiger partial charge in [-0.2, -0.15) is 0 Å². The molecule has 0 aliphatic rings. The van der Waals surface area contributed by atoms with Crippen LogP contribution in [-0.2, 0) is 11.3 Å². The van der Waals surface area contributed by atoms with Gasteiger partial charge in [0.2, 0.25) is 5.91 Å². The highest BCUT2D eigenvalue weighted by Crippen LogP contribution is 2.17. The number of amides is 1. The lowest BCUT2D eigenvalue weighted by molar-refractivity contribution is -0.117. The van der Waals surface area contributed by atoms with Crippen LogP contribution in [0.3, 0.4) is 0 Å². The van der Waals surface area contributed by atoms with E-state index in [-0.39, 0.29) is 19.1 Å². The highest BCUT2D eigenvalue weighted by atomic mass is 16.5. The molecule has 1 amide bonds. The number of hydrogen-bond acceptors (Lipinski definition) is 3. The van der Waals surface area contributed by atoms with Crippen molar-refractivity contribution in [1.82, 2.24) is 5.32 Å². The summed E-state index contributed by atoms with van der Waals surface area (Å²) in [6, 6.07) is 7.47. The summed E-state index contributed by atoms with van der Waals surface area (Å²) >= 11 is 0. The molecule has 0 bridgehead atoms. The SMILES string of the molecule is CC/C=C(/C)C(=O)NCc1ccccc1OCCO. The highest BCUT2D eigenvalue weighted by molar-refractivity contribution is 5.92. The maximum atomic E-state index is 11.8. The van der Waals surface area contributed by atoms with Gasteiger partial charge in [-0.1, -0.05) is 31.2 Å². The van der Waals surface area contributed by atoms with E-state index in [1.54, 1.807) is 6.92 Å². The number of nitrogens with one attached hydrogen (secondary N) is 1. The Morgan fingerprint density at radius 3 is 2.84 bits per heavy atom. The van der Waals surface area contributed by atoms with Gasteiger partial charge in [-0.25, -0.2) is 0 Å². The zero-order valence-corrected chi connectivity index (χ0v) is 11.5. The van der Waals surface area contributed by atoms with Gasteiger partial charge < -0.3 is 15.2 Å². The molecule has 1 aromatic carbocycles. The number of aliphatic hydroxyl groups is 1. The van der Waals surface area contributed by atoms with Crippen LogP contribution in [0.15, 0.2) is 35.9 Å². The molecular weight excluding hydrogens is 242 g/mol. The van der Waals surface area contributed by atoms with Gasteiger partial charge in [-0.15, -0.1) is 0 Å². The molecule has 0 saturated carbocycles. The first-order valence-corrected chi connectivity index (χ1v) is 6.45. The molecule has 1 aromatic rings. The van der Waals surface area contributed by atoms with Crippen molar-refractivity contribution < 1.29 is 14.6 Å². The second-order valence-electron chi connectivity index (χ2n) is 4.16. The monoisotopic (exact) mass is 263 g/mol. The predicted molar refractivity (Wildman–Crippen MR) is 74.9 cm³/mol. The summed E-state index contributed by atoms with van der Waals surface area (Å²) < 4.78 is 5.41. The Morgan fingerprint density at radius 2 is 2.16 bits per heavy atom. The van der Waals surface area contributed by atoms with Crippen molar-refractivity contribution in [2.45, 2.75) is 26.8 Å². The summed E-state index contributed by atoms with van der Waals surface area (Å²) in [7, 11) is 0. The molecule has 1 rings (SSSR count). The molecule has 0 saturated heterocycles. The van der Waals surface area contributed by atoms with Gasteiger partial charge in [0.1, 0.15) is 12.4 Å². The molecule has 0 aromatic heterocycles. The first-order chi connectivity index (χ1) is 9.19. The number of rotatable bonds is 7. The summed E-state index contributed by atoms with van der Waals surface area (Å²) in [6.07, 6.45) is 2.74. The Bertz CT molecular complexity index is 441. The van der Waals surface area contributed by atoms with E-state index in [0.717, 1.165) is 17.6 Å². The van der Waals surface area contributed by atoms with Crippen molar-refractivity contribution in [2.24, 2.45) is 0 Å². The van der Waals surface area contributed by atoms with Crippen molar-refractivity contribution in [3.8, 4) is 5.75 Å². The van der Waals surface area contributed by atoms with E-state index in [4.69, 9.17) is 9.84 Å². The molecular formula is C15H21NO3. The number of ether oxygens (including phenoxy) is 1. The molecule has 0 fully saturated rings. The smallest absolute Gasteiger partial charge is 0.246 e. The molecule has 0 radical (unpaired) electrons. The van der Waals surface area contributed by atoms with Crippen LogP contribution in [0.5, 0.6) is 5.75 Å². The third kappa shape index (κ3) is 5.14. The van der Waals surface area contributed by atoms with Gasteiger partial charge in [0, 0.05) is 17.7 Å². The number of allylic oxidation sites excluding steroid dienone is 1. The summed E-state index contributed by atoms with van der Waals surface area (Å²) in [4.78, 5) is 11.8. The topological polar surface area (TPSA) is 58.6 Å². The fourth-order valence-electron chi connectivity index (χ4n) is 1.66. The van der Waals surface area contributed by atoms with Crippen LogP contribution in [-0.4, -0.2) is 24.2 Å². The van der Waals surface area contributed by atoms with Crippen molar-refractivity contribution in [2.75, 3.05) is 13.2 Å². The number of para-hydroxylation sites is 1. The highest BCUT2D eigenvalue weighted by Gasteiger charge is 2.06. The van der Waals surface area contributed by atoms with Gasteiger partial charge in [-0.3, -0.25) is 4.79 Å². The minimum atomic E-state index is -0.0705. The Balaban J connectivity index is 2.62. The normalized spacial score (nSPS) is 11.2. The molecule has 0 aliphatic heterocycles. The standard InChI is InChI=1S/C15H21NO3/c1-3-6-12(2)15(18)16-11-13-7-4-5-8-14(13)19-10-9-17/h4-8,17H,3,9-11H2,1-2H3,(H,16,18)/b12-6-. The van der Waals surface area contributed by atoms with Gasteiger partial charge in [0.05, 0.1) is 6.61 Å². The van der Waals surface area contributed by atoms with E-state index in [1.165, 1.54) is 0 Å². The average Bonchev–Trinajstić information content (AvgIpc) is 2.43. The molecule has 0 unspecified atom stereocenters. The molecule has 0 atom stereocenters. The van der Waals surface area contributed by atoms with Gasteiger partial charge in [0.15, 0.2) is 0 Å². The Labute approximate surface area is 114 Å². The van der Waals surface area contributed by atoms with E-state index in [9.17, 15) is 4.79 Å².